The van der Waals surface area contributed by atoms with Gasteiger partial charge in [-0.25, -0.2) is 0 Å². The monoisotopic (exact) mass is 279 g/mol. The minimum absolute atomic E-state index is 0.281. The topological polar surface area (TPSA) is 60.9 Å². The van der Waals surface area contributed by atoms with Gasteiger partial charge in [-0.15, -0.1) is 0 Å². The molecule has 3 N–H and O–H groups in total. The van der Waals surface area contributed by atoms with Crippen molar-refractivity contribution in [3.63, 3.8) is 0 Å². The highest BCUT2D eigenvalue weighted by Gasteiger charge is 2.21. The van der Waals surface area contributed by atoms with Crippen molar-refractivity contribution in [1.29, 1.82) is 0 Å². The van der Waals surface area contributed by atoms with Crippen molar-refractivity contribution in [2.75, 3.05) is 5.32 Å². The number of aromatic nitrogens is 2. The van der Waals surface area contributed by atoms with E-state index in [2.05, 4.69) is 27.6 Å². The summed E-state index contributed by atoms with van der Waals surface area (Å²) in [5, 5.41) is 21.6. The summed E-state index contributed by atoms with van der Waals surface area (Å²) in [4.78, 5) is 0. The number of hydrogen-bond donors (Lipinski definition) is 3. The number of rotatable bonds is 2. The zero-order chi connectivity index (χ0) is 14.2. The van der Waals surface area contributed by atoms with E-state index in [1.807, 2.05) is 24.4 Å². The molecule has 4 nitrogen and oxygen atoms in total. The van der Waals surface area contributed by atoms with E-state index in [0.29, 0.717) is 5.75 Å². The molecule has 0 saturated carbocycles. The van der Waals surface area contributed by atoms with Crippen LogP contribution in [0.25, 0.3) is 10.9 Å². The van der Waals surface area contributed by atoms with Crippen molar-refractivity contribution >= 4 is 16.6 Å². The molecule has 1 atom stereocenters. The molecule has 0 bridgehead atoms. The zero-order valence-corrected chi connectivity index (χ0v) is 11.6. The molecule has 1 aliphatic carbocycles. The quantitative estimate of drug-likeness (QED) is 0.669. The number of aromatic hydroxyl groups is 1. The molecule has 1 unspecified atom stereocenters. The second-order valence-electron chi connectivity index (χ2n) is 5.61. The number of para-hydroxylation sites is 1. The number of aryl methyl sites for hydroxylation is 1. The van der Waals surface area contributed by atoms with Crippen molar-refractivity contribution in [3.8, 4) is 5.75 Å². The summed E-state index contributed by atoms with van der Waals surface area (Å²) in [5.74, 6) is 0.352. The molecule has 2 aromatic carbocycles. The van der Waals surface area contributed by atoms with Gasteiger partial charge < -0.3 is 10.4 Å². The number of nitrogens with one attached hydrogen (secondary N) is 2. The van der Waals surface area contributed by atoms with Gasteiger partial charge in [0.1, 0.15) is 5.75 Å². The van der Waals surface area contributed by atoms with E-state index in [4.69, 9.17) is 0 Å². The Morgan fingerprint density at radius 2 is 2.19 bits per heavy atom. The fourth-order valence-corrected chi connectivity index (χ4v) is 3.23. The van der Waals surface area contributed by atoms with Gasteiger partial charge in [0.25, 0.3) is 0 Å². The molecule has 4 heteroatoms. The zero-order valence-electron chi connectivity index (χ0n) is 11.6. The van der Waals surface area contributed by atoms with E-state index in [0.717, 1.165) is 35.9 Å². The second-order valence-corrected chi connectivity index (χ2v) is 5.61. The SMILES string of the molecule is Oc1ccc2c(c1)CCCC2Nc1cccc2cn[nH]c12. The van der Waals surface area contributed by atoms with Crippen LogP contribution in [-0.2, 0) is 6.42 Å². The molecule has 0 radical (unpaired) electrons. The predicted molar refractivity (Wildman–Crippen MR) is 83.5 cm³/mol. The highest BCUT2D eigenvalue weighted by atomic mass is 16.3. The first-order chi connectivity index (χ1) is 10.3. The summed E-state index contributed by atoms with van der Waals surface area (Å²) in [5.41, 5.74) is 4.66. The van der Waals surface area contributed by atoms with Crippen LogP contribution in [0.1, 0.15) is 30.0 Å². The third-order valence-corrected chi connectivity index (χ3v) is 4.25. The summed E-state index contributed by atoms with van der Waals surface area (Å²) in [6, 6.07) is 12.2. The average Bonchev–Trinajstić information content (AvgIpc) is 2.97. The summed E-state index contributed by atoms with van der Waals surface area (Å²) in [7, 11) is 0. The van der Waals surface area contributed by atoms with Crippen LogP contribution >= 0.6 is 0 Å². The van der Waals surface area contributed by atoms with E-state index >= 15 is 0 Å². The molecule has 0 fully saturated rings. The Hall–Kier alpha value is -2.49. The minimum Gasteiger partial charge on any atom is -0.508 e. The number of phenols is 1. The van der Waals surface area contributed by atoms with Crippen LogP contribution in [0.4, 0.5) is 5.69 Å². The van der Waals surface area contributed by atoms with Crippen LogP contribution < -0.4 is 5.32 Å². The van der Waals surface area contributed by atoms with E-state index < -0.39 is 0 Å². The molecule has 106 valence electrons. The van der Waals surface area contributed by atoms with E-state index in [1.165, 1.54) is 11.1 Å². The first-order valence-electron chi connectivity index (χ1n) is 7.32. The molecule has 0 amide bonds. The Labute approximate surface area is 122 Å². The molecule has 21 heavy (non-hydrogen) atoms. The Morgan fingerprint density at radius 1 is 1.24 bits per heavy atom. The number of benzene rings is 2. The van der Waals surface area contributed by atoms with Crippen LogP contribution in [-0.4, -0.2) is 15.3 Å². The maximum absolute atomic E-state index is 9.64. The average molecular weight is 279 g/mol. The molecule has 4 rings (SSSR count). The largest absolute Gasteiger partial charge is 0.508 e. The lowest BCUT2D eigenvalue weighted by molar-refractivity contribution is 0.472. The molecular formula is C17H17N3O. The second kappa shape index (κ2) is 4.81. The number of anilines is 1. The van der Waals surface area contributed by atoms with E-state index in [-0.39, 0.29) is 6.04 Å². The molecule has 3 aromatic rings. The summed E-state index contributed by atoms with van der Waals surface area (Å²) >= 11 is 0. The fourth-order valence-electron chi connectivity index (χ4n) is 3.23. The van der Waals surface area contributed by atoms with Crippen molar-refractivity contribution in [3.05, 3.63) is 53.7 Å². The fraction of sp³-hybridized carbons (Fsp3) is 0.235. The number of H-pyrrole nitrogens is 1. The number of hydrogen-bond acceptors (Lipinski definition) is 3. The van der Waals surface area contributed by atoms with Gasteiger partial charge in [-0.2, -0.15) is 5.10 Å². The normalized spacial score (nSPS) is 17.6. The minimum atomic E-state index is 0.281. The third kappa shape index (κ3) is 2.13. The number of fused-ring (bicyclic) bond motifs is 2. The van der Waals surface area contributed by atoms with Crippen LogP contribution in [0.3, 0.4) is 0 Å². The number of phenolic OH excluding ortho intramolecular Hbond substituents is 1. The lowest BCUT2D eigenvalue weighted by Crippen LogP contribution is -2.17. The van der Waals surface area contributed by atoms with Gasteiger partial charge in [-0.1, -0.05) is 18.2 Å². The maximum Gasteiger partial charge on any atom is 0.115 e. The summed E-state index contributed by atoms with van der Waals surface area (Å²) in [6.45, 7) is 0. The lowest BCUT2D eigenvalue weighted by Gasteiger charge is -2.27. The van der Waals surface area contributed by atoms with Gasteiger partial charge in [-0.05, 0) is 48.6 Å². The molecule has 0 aliphatic heterocycles. The first-order valence-corrected chi connectivity index (χ1v) is 7.32. The van der Waals surface area contributed by atoms with Crippen LogP contribution in [0.2, 0.25) is 0 Å². The van der Waals surface area contributed by atoms with Crippen LogP contribution in [0, 0.1) is 0 Å². The standard InChI is InChI=1S/C17H17N3O/c21-13-7-8-14-11(9-13)3-1-5-15(14)19-16-6-2-4-12-10-18-20-17(12)16/h2,4,6-10,15,19,21H,1,3,5H2,(H,18,20). The number of aromatic amines is 1. The highest BCUT2D eigenvalue weighted by Crippen LogP contribution is 2.35. The first kappa shape index (κ1) is 12.3. The Kier molecular flexibility index (Phi) is 2.81. The smallest absolute Gasteiger partial charge is 0.115 e. The molecule has 1 aromatic heterocycles. The molecule has 1 heterocycles. The molecule has 0 saturated heterocycles. The van der Waals surface area contributed by atoms with E-state index in [1.54, 1.807) is 6.07 Å². The van der Waals surface area contributed by atoms with Crippen LogP contribution in [0.15, 0.2) is 42.6 Å². The Bertz CT molecular complexity index is 794. The van der Waals surface area contributed by atoms with Gasteiger partial charge in [0.2, 0.25) is 0 Å². The van der Waals surface area contributed by atoms with E-state index in [9.17, 15) is 5.11 Å². The van der Waals surface area contributed by atoms with Crippen molar-refractivity contribution in [1.82, 2.24) is 10.2 Å². The molecule has 0 spiro atoms. The maximum atomic E-state index is 9.64. The van der Waals surface area contributed by atoms with Gasteiger partial charge in [0, 0.05) is 5.39 Å². The molecule has 1 aliphatic rings. The summed E-state index contributed by atoms with van der Waals surface area (Å²) in [6.07, 6.45) is 5.11. The number of nitrogens with zero attached hydrogens (tertiary/aromatic N) is 1. The predicted octanol–water partition coefficient (Wildman–Crippen LogP) is 3.76. The molecular weight excluding hydrogens is 262 g/mol. The van der Waals surface area contributed by atoms with Gasteiger partial charge in [-0.3, -0.25) is 5.10 Å². The Balaban J connectivity index is 1.71. The van der Waals surface area contributed by atoms with Gasteiger partial charge in [0.05, 0.1) is 23.4 Å². The van der Waals surface area contributed by atoms with Gasteiger partial charge in [0.15, 0.2) is 0 Å². The lowest BCUT2D eigenvalue weighted by atomic mass is 9.87. The summed E-state index contributed by atoms with van der Waals surface area (Å²) < 4.78 is 0. The third-order valence-electron chi connectivity index (χ3n) is 4.25. The van der Waals surface area contributed by atoms with Crippen LogP contribution in [0.5, 0.6) is 5.75 Å². The van der Waals surface area contributed by atoms with Crippen molar-refractivity contribution in [2.45, 2.75) is 25.3 Å². The van der Waals surface area contributed by atoms with Crippen molar-refractivity contribution in [2.24, 2.45) is 0 Å². The van der Waals surface area contributed by atoms with Crippen molar-refractivity contribution < 1.29 is 5.11 Å². The highest BCUT2D eigenvalue weighted by molar-refractivity contribution is 5.90. The van der Waals surface area contributed by atoms with Gasteiger partial charge >= 0.3 is 0 Å². The Morgan fingerprint density at radius 3 is 3.14 bits per heavy atom.